The molecule has 0 saturated heterocycles. The zero-order valence-corrected chi connectivity index (χ0v) is 12.2. The molecule has 0 N–H and O–H groups in total. The molecule has 0 saturated carbocycles. The van der Waals surface area contributed by atoms with Gasteiger partial charge < -0.3 is 0 Å². The monoisotopic (exact) mass is 297 g/mol. The number of thiazole rings is 1. The molecule has 20 heavy (non-hydrogen) atoms. The highest BCUT2D eigenvalue weighted by atomic mass is 32.2. The summed E-state index contributed by atoms with van der Waals surface area (Å²) in [6.07, 6.45) is 1.66. The lowest BCUT2D eigenvalue weighted by atomic mass is 10.1. The van der Waals surface area contributed by atoms with Crippen molar-refractivity contribution in [2.24, 2.45) is 0 Å². The van der Waals surface area contributed by atoms with Crippen molar-refractivity contribution >= 4 is 28.9 Å². The summed E-state index contributed by atoms with van der Waals surface area (Å²) >= 11 is 3.01. The maximum Gasteiger partial charge on any atom is 0.204 e. The average Bonchev–Trinajstić information content (AvgIpc) is 2.97. The third kappa shape index (κ3) is 2.98. The molecule has 0 atom stereocenters. The molecule has 0 aliphatic heterocycles. The molecule has 1 heterocycles. The number of nitrogens with zero attached hydrogens (tertiary/aromatic N) is 1. The van der Waals surface area contributed by atoms with E-state index in [0.717, 1.165) is 9.24 Å². The highest BCUT2D eigenvalue weighted by molar-refractivity contribution is 8.01. The summed E-state index contributed by atoms with van der Waals surface area (Å²) in [6.45, 7) is 0. The molecule has 3 rings (SSSR count). The fraction of sp³-hybridized carbons (Fsp3) is 0. The summed E-state index contributed by atoms with van der Waals surface area (Å²) in [5, 5.41) is 0. The normalized spacial score (nSPS) is 10.4. The lowest BCUT2D eigenvalue weighted by Gasteiger charge is -1.96. The number of benzene rings is 2. The Labute approximate surface area is 125 Å². The fourth-order valence-electron chi connectivity index (χ4n) is 1.73. The van der Waals surface area contributed by atoms with E-state index in [1.807, 2.05) is 60.7 Å². The molecular formula is C16H11NOS2. The first-order valence-corrected chi connectivity index (χ1v) is 7.75. The highest BCUT2D eigenvalue weighted by Gasteiger charge is 2.13. The van der Waals surface area contributed by atoms with E-state index in [0.29, 0.717) is 10.4 Å². The molecule has 0 radical (unpaired) electrons. The van der Waals surface area contributed by atoms with Gasteiger partial charge in [-0.1, -0.05) is 60.3 Å². The minimum Gasteiger partial charge on any atom is -0.288 e. The van der Waals surface area contributed by atoms with E-state index in [9.17, 15) is 4.79 Å². The zero-order valence-electron chi connectivity index (χ0n) is 10.5. The van der Waals surface area contributed by atoms with Crippen molar-refractivity contribution < 1.29 is 4.79 Å². The van der Waals surface area contributed by atoms with Crippen molar-refractivity contribution in [3.05, 3.63) is 77.3 Å². The van der Waals surface area contributed by atoms with E-state index in [4.69, 9.17) is 0 Å². The topological polar surface area (TPSA) is 30.0 Å². The minimum absolute atomic E-state index is 0.0306. The first-order chi connectivity index (χ1) is 9.83. The Morgan fingerprint density at radius 2 is 1.60 bits per heavy atom. The van der Waals surface area contributed by atoms with Gasteiger partial charge in [0.05, 0.1) is 11.1 Å². The standard InChI is InChI=1S/C16H11NOS2/c18-15(12-7-3-1-4-8-12)14-11-17-16(20-14)19-13-9-5-2-6-10-13/h1-11H. The van der Waals surface area contributed by atoms with Crippen LogP contribution in [-0.2, 0) is 0 Å². The van der Waals surface area contributed by atoms with Crippen molar-refractivity contribution in [3.63, 3.8) is 0 Å². The Morgan fingerprint density at radius 1 is 0.950 bits per heavy atom. The van der Waals surface area contributed by atoms with Gasteiger partial charge in [0.15, 0.2) is 4.34 Å². The van der Waals surface area contributed by atoms with Crippen LogP contribution in [0.5, 0.6) is 0 Å². The van der Waals surface area contributed by atoms with Crippen LogP contribution in [0.3, 0.4) is 0 Å². The van der Waals surface area contributed by atoms with Gasteiger partial charge >= 0.3 is 0 Å². The van der Waals surface area contributed by atoms with Gasteiger partial charge in [-0.2, -0.15) is 0 Å². The number of carbonyl (C=O) groups is 1. The maximum absolute atomic E-state index is 12.3. The van der Waals surface area contributed by atoms with Gasteiger partial charge in [-0.25, -0.2) is 4.98 Å². The second-order valence-electron chi connectivity index (χ2n) is 4.10. The van der Waals surface area contributed by atoms with Crippen LogP contribution < -0.4 is 0 Å². The molecule has 0 amide bonds. The van der Waals surface area contributed by atoms with E-state index in [1.165, 1.54) is 11.3 Å². The van der Waals surface area contributed by atoms with Crippen LogP contribution in [0.2, 0.25) is 0 Å². The summed E-state index contributed by atoms with van der Waals surface area (Å²) < 4.78 is 0.885. The molecule has 0 fully saturated rings. The van der Waals surface area contributed by atoms with Crippen LogP contribution in [0.15, 0.2) is 76.1 Å². The average molecular weight is 297 g/mol. The fourth-order valence-corrected chi connectivity index (χ4v) is 3.67. The van der Waals surface area contributed by atoms with E-state index < -0.39 is 0 Å². The number of aromatic nitrogens is 1. The maximum atomic E-state index is 12.3. The van der Waals surface area contributed by atoms with E-state index in [1.54, 1.807) is 18.0 Å². The van der Waals surface area contributed by atoms with Crippen molar-refractivity contribution in [1.29, 1.82) is 0 Å². The molecule has 0 aliphatic rings. The molecule has 1 aromatic heterocycles. The first-order valence-electron chi connectivity index (χ1n) is 6.11. The quantitative estimate of drug-likeness (QED) is 0.663. The Hall–Kier alpha value is -1.91. The van der Waals surface area contributed by atoms with Crippen molar-refractivity contribution in [1.82, 2.24) is 4.98 Å². The molecule has 0 aliphatic carbocycles. The summed E-state index contributed by atoms with van der Waals surface area (Å²) in [5.74, 6) is 0.0306. The summed E-state index contributed by atoms with van der Waals surface area (Å²) in [5.41, 5.74) is 0.701. The van der Waals surface area contributed by atoms with Crippen LogP contribution in [0.25, 0.3) is 0 Å². The predicted molar refractivity (Wildman–Crippen MR) is 82.6 cm³/mol. The van der Waals surface area contributed by atoms with Crippen LogP contribution in [-0.4, -0.2) is 10.8 Å². The molecule has 3 aromatic rings. The number of rotatable bonds is 4. The number of carbonyl (C=O) groups excluding carboxylic acids is 1. The van der Waals surface area contributed by atoms with Crippen LogP contribution in [0.1, 0.15) is 15.2 Å². The van der Waals surface area contributed by atoms with Gasteiger partial charge in [-0.15, -0.1) is 11.3 Å². The zero-order chi connectivity index (χ0) is 13.8. The van der Waals surface area contributed by atoms with Gasteiger partial charge in [0, 0.05) is 10.5 Å². The van der Waals surface area contributed by atoms with Crippen LogP contribution >= 0.6 is 23.1 Å². The molecule has 2 aromatic carbocycles. The second-order valence-corrected chi connectivity index (χ2v) is 6.45. The third-order valence-electron chi connectivity index (χ3n) is 2.69. The molecule has 0 spiro atoms. The van der Waals surface area contributed by atoms with Crippen LogP contribution in [0.4, 0.5) is 0 Å². The van der Waals surface area contributed by atoms with Crippen molar-refractivity contribution in [3.8, 4) is 0 Å². The number of hydrogen-bond donors (Lipinski definition) is 0. The molecule has 4 heteroatoms. The number of hydrogen-bond acceptors (Lipinski definition) is 4. The first kappa shape index (κ1) is 13.1. The lowest BCUT2D eigenvalue weighted by Crippen LogP contribution is -1.97. The highest BCUT2D eigenvalue weighted by Crippen LogP contribution is 2.31. The SMILES string of the molecule is O=C(c1ccccc1)c1cnc(Sc2ccccc2)s1. The lowest BCUT2D eigenvalue weighted by molar-refractivity contribution is 0.104. The molecular weight excluding hydrogens is 286 g/mol. The Bertz CT molecular complexity index is 708. The molecule has 0 unspecified atom stereocenters. The van der Waals surface area contributed by atoms with Crippen molar-refractivity contribution in [2.45, 2.75) is 9.24 Å². The molecule has 2 nitrogen and oxygen atoms in total. The van der Waals surface area contributed by atoms with E-state index >= 15 is 0 Å². The predicted octanol–water partition coefficient (Wildman–Crippen LogP) is 4.53. The largest absolute Gasteiger partial charge is 0.288 e. The second kappa shape index (κ2) is 6.03. The van der Waals surface area contributed by atoms with Gasteiger partial charge in [0.25, 0.3) is 0 Å². The Kier molecular flexibility index (Phi) is 3.95. The Balaban J connectivity index is 1.79. The van der Waals surface area contributed by atoms with E-state index in [-0.39, 0.29) is 5.78 Å². The third-order valence-corrected chi connectivity index (χ3v) is 4.77. The summed E-state index contributed by atoms with van der Waals surface area (Å²) in [7, 11) is 0. The summed E-state index contributed by atoms with van der Waals surface area (Å²) in [4.78, 5) is 18.4. The van der Waals surface area contributed by atoms with Gasteiger partial charge in [0.1, 0.15) is 0 Å². The minimum atomic E-state index is 0.0306. The van der Waals surface area contributed by atoms with Gasteiger partial charge in [-0.3, -0.25) is 4.79 Å². The Morgan fingerprint density at radius 3 is 2.30 bits per heavy atom. The molecule has 98 valence electrons. The number of ketones is 1. The smallest absolute Gasteiger partial charge is 0.204 e. The van der Waals surface area contributed by atoms with Crippen LogP contribution in [0, 0.1) is 0 Å². The van der Waals surface area contributed by atoms with Gasteiger partial charge in [0.2, 0.25) is 5.78 Å². The van der Waals surface area contributed by atoms with E-state index in [2.05, 4.69) is 4.98 Å². The summed E-state index contributed by atoms with van der Waals surface area (Å²) in [6, 6.07) is 19.3. The van der Waals surface area contributed by atoms with Gasteiger partial charge in [-0.05, 0) is 12.1 Å². The molecule has 0 bridgehead atoms. The van der Waals surface area contributed by atoms with Crippen molar-refractivity contribution in [2.75, 3.05) is 0 Å².